The van der Waals surface area contributed by atoms with E-state index < -0.39 is 18.8 Å². The van der Waals surface area contributed by atoms with Crippen molar-refractivity contribution in [1.82, 2.24) is 9.88 Å². The van der Waals surface area contributed by atoms with Gasteiger partial charge in [0, 0.05) is 105 Å². The molecular formula is C26H28F2N4OPU-. The predicted molar refractivity (Wildman–Crippen MR) is 134 cm³/mol. The van der Waals surface area contributed by atoms with Crippen LogP contribution in [0.25, 0.3) is 11.1 Å². The van der Waals surface area contributed by atoms with Gasteiger partial charge in [-0.1, -0.05) is 24.3 Å². The second kappa shape index (κ2) is 10.7. The summed E-state index contributed by atoms with van der Waals surface area (Å²) in [5.41, 5.74) is 4.04. The molecular weight excluding hydrogens is 691 g/mol. The fourth-order valence-corrected chi connectivity index (χ4v) is 7.60. The van der Waals surface area contributed by atoms with Gasteiger partial charge in [-0.2, -0.15) is 0 Å². The monoisotopic (exact) mass is 719 g/mol. The van der Waals surface area contributed by atoms with Gasteiger partial charge in [0.15, 0.2) is 0 Å². The summed E-state index contributed by atoms with van der Waals surface area (Å²) in [4.78, 5) is 8.88. The van der Waals surface area contributed by atoms with E-state index in [-0.39, 0.29) is 43.2 Å². The van der Waals surface area contributed by atoms with Crippen molar-refractivity contribution < 1.29 is 44.5 Å². The Hall–Kier alpha value is -1.71. The zero-order valence-corrected chi connectivity index (χ0v) is 25.0. The average molecular weight is 720 g/mol. The van der Waals surface area contributed by atoms with E-state index in [9.17, 15) is 13.3 Å². The van der Waals surface area contributed by atoms with E-state index >= 15 is 0 Å². The van der Waals surface area contributed by atoms with Crippen LogP contribution < -0.4 is 15.5 Å². The molecule has 0 radical (unpaired) electrons. The van der Waals surface area contributed by atoms with Crippen molar-refractivity contribution in [2.24, 2.45) is 0 Å². The Labute approximate surface area is 229 Å². The molecule has 3 aromatic rings. The van der Waals surface area contributed by atoms with Crippen LogP contribution in [0.1, 0.15) is 11.1 Å². The zero-order valence-electron chi connectivity index (χ0n) is 19.9. The van der Waals surface area contributed by atoms with Gasteiger partial charge < -0.3 is 19.7 Å². The SMILES string of the molecule is Cc1c(-c2ccc(P3(=O)CCN(C)CC3)cc2)cnc2c1N(Cc1[c-]c(F)ccc1F)CCN2.[U]. The van der Waals surface area contributed by atoms with Gasteiger partial charge in [0.1, 0.15) is 13.0 Å². The summed E-state index contributed by atoms with van der Waals surface area (Å²) in [6, 6.07) is 12.8. The molecule has 0 amide bonds. The third-order valence-corrected chi connectivity index (χ3v) is 10.00. The van der Waals surface area contributed by atoms with Gasteiger partial charge in [-0.15, -0.1) is 23.8 Å². The Balaban J connectivity index is 0.00000289. The molecule has 0 aliphatic carbocycles. The molecule has 0 atom stereocenters. The topological polar surface area (TPSA) is 48.5 Å². The number of fused-ring (bicyclic) bond motifs is 1. The van der Waals surface area contributed by atoms with Crippen LogP contribution in [0.15, 0.2) is 42.6 Å². The summed E-state index contributed by atoms with van der Waals surface area (Å²) in [6.07, 6.45) is 3.28. The summed E-state index contributed by atoms with van der Waals surface area (Å²) in [7, 11) is -0.281. The van der Waals surface area contributed by atoms with E-state index in [0.29, 0.717) is 13.1 Å². The largest absolute Gasteiger partial charge is 0.367 e. The minimum absolute atomic E-state index is 0. The molecule has 182 valence electrons. The van der Waals surface area contributed by atoms with E-state index in [1.54, 1.807) is 0 Å². The molecule has 5 nitrogen and oxygen atoms in total. The van der Waals surface area contributed by atoms with Gasteiger partial charge in [0.05, 0.1) is 5.69 Å². The van der Waals surface area contributed by atoms with Crippen molar-refractivity contribution in [2.45, 2.75) is 13.5 Å². The van der Waals surface area contributed by atoms with Crippen LogP contribution in [-0.2, 0) is 11.1 Å². The number of anilines is 2. The molecule has 5 rings (SSSR count). The summed E-state index contributed by atoms with van der Waals surface area (Å²) < 4.78 is 41.4. The Kier molecular flexibility index (Phi) is 8.08. The smallest absolute Gasteiger partial charge is 0.149 e. The normalized spacial score (nSPS) is 17.3. The maximum absolute atomic E-state index is 14.3. The van der Waals surface area contributed by atoms with Crippen LogP contribution in [0.2, 0.25) is 0 Å². The molecule has 1 fully saturated rings. The summed E-state index contributed by atoms with van der Waals surface area (Å²) in [6.45, 7) is 5.25. The van der Waals surface area contributed by atoms with E-state index in [0.717, 1.165) is 71.0 Å². The second-order valence-corrected chi connectivity index (χ2v) is 12.4. The molecule has 0 saturated carbocycles. The van der Waals surface area contributed by atoms with Crippen LogP contribution in [-0.4, -0.2) is 55.4 Å². The quantitative estimate of drug-likeness (QED) is 0.318. The van der Waals surface area contributed by atoms with Crippen molar-refractivity contribution >= 4 is 24.0 Å². The Morgan fingerprint density at radius 2 is 1.80 bits per heavy atom. The van der Waals surface area contributed by atoms with Crippen molar-refractivity contribution in [3.63, 3.8) is 0 Å². The zero-order chi connectivity index (χ0) is 23.9. The first-order valence-electron chi connectivity index (χ1n) is 11.6. The third-order valence-electron chi connectivity index (χ3n) is 6.91. The van der Waals surface area contributed by atoms with E-state index in [2.05, 4.69) is 28.3 Å². The number of benzene rings is 2. The van der Waals surface area contributed by atoms with Crippen molar-refractivity contribution in [2.75, 3.05) is 55.8 Å². The van der Waals surface area contributed by atoms with Gasteiger partial charge in [-0.05, 0) is 25.1 Å². The number of nitrogens with one attached hydrogen (secondary N) is 1. The number of rotatable bonds is 4. The molecule has 9 heteroatoms. The molecule has 2 aromatic carbocycles. The van der Waals surface area contributed by atoms with Crippen molar-refractivity contribution in [1.29, 1.82) is 0 Å². The predicted octanol–water partition coefficient (Wildman–Crippen LogP) is 4.50. The molecule has 2 aliphatic rings. The summed E-state index contributed by atoms with van der Waals surface area (Å²) >= 11 is 0. The minimum Gasteiger partial charge on any atom is -0.367 e. The van der Waals surface area contributed by atoms with E-state index in [1.807, 2.05) is 42.3 Å². The number of hydrogen-bond donors (Lipinski definition) is 1. The van der Waals surface area contributed by atoms with Crippen LogP contribution in [0, 0.1) is 55.7 Å². The standard InChI is InChI=1S/C26H28F2N4OP.U/c1-18-23(19-3-6-22(7-4-19)34(33)13-11-31(2)12-14-34)16-30-26-25(18)32(10-9-29-26)17-20-15-21(27)5-8-24(20)28;/h3-8,16H,9-14,17H2,1-2H3,(H,29,30);/q-1;. The Morgan fingerprint density at radius 1 is 1.09 bits per heavy atom. The average Bonchev–Trinajstić information content (AvgIpc) is 2.84. The molecule has 35 heavy (non-hydrogen) atoms. The van der Waals surface area contributed by atoms with E-state index in [4.69, 9.17) is 0 Å². The number of halogens is 2. The van der Waals surface area contributed by atoms with Crippen LogP contribution in [0.5, 0.6) is 0 Å². The molecule has 3 heterocycles. The van der Waals surface area contributed by atoms with Crippen LogP contribution in [0.4, 0.5) is 20.3 Å². The Morgan fingerprint density at radius 3 is 2.51 bits per heavy atom. The second-order valence-electron chi connectivity index (χ2n) is 9.16. The maximum atomic E-state index is 14.3. The molecule has 1 saturated heterocycles. The first kappa shape index (κ1) is 26.4. The Bertz CT molecular complexity index is 1260. The fraction of sp³-hybridized carbons (Fsp3) is 0.346. The van der Waals surface area contributed by atoms with E-state index in [1.165, 1.54) is 0 Å². The molecule has 0 bridgehead atoms. The molecule has 1 N–H and O–H groups in total. The van der Waals surface area contributed by atoms with Crippen LogP contribution >= 0.6 is 7.14 Å². The molecule has 1 aromatic heterocycles. The summed E-state index contributed by atoms with van der Waals surface area (Å²) in [5.74, 6) is -0.307. The van der Waals surface area contributed by atoms with Crippen molar-refractivity contribution in [3.8, 4) is 11.1 Å². The van der Waals surface area contributed by atoms with Crippen LogP contribution in [0.3, 0.4) is 0 Å². The van der Waals surface area contributed by atoms with Gasteiger partial charge in [-0.25, -0.2) is 9.37 Å². The molecule has 0 spiro atoms. The summed E-state index contributed by atoms with van der Waals surface area (Å²) in [5, 5.41) is 4.25. The fourth-order valence-electron chi connectivity index (χ4n) is 4.84. The first-order valence-corrected chi connectivity index (χ1v) is 13.6. The van der Waals surface area contributed by atoms with Crippen molar-refractivity contribution in [3.05, 3.63) is 71.4 Å². The number of hydrogen-bond acceptors (Lipinski definition) is 5. The minimum atomic E-state index is -2.35. The third kappa shape index (κ3) is 5.37. The van der Waals surface area contributed by atoms with Gasteiger partial charge in [0.25, 0.3) is 0 Å². The number of pyridine rings is 1. The first-order chi connectivity index (χ1) is 16.3. The number of nitrogens with zero attached hydrogens (tertiary/aromatic N) is 3. The molecule has 0 unspecified atom stereocenters. The molecule has 2 aliphatic heterocycles. The van der Waals surface area contributed by atoms with Gasteiger partial charge in [-0.3, -0.25) is 4.39 Å². The maximum Gasteiger partial charge on any atom is 0.149 e. The van der Waals surface area contributed by atoms with Gasteiger partial charge >= 0.3 is 0 Å². The number of aromatic nitrogens is 1. The van der Waals surface area contributed by atoms with Gasteiger partial charge in [0.2, 0.25) is 0 Å².